The van der Waals surface area contributed by atoms with E-state index in [0.717, 1.165) is 25.7 Å². The van der Waals surface area contributed by atoms with E-state index in [1.165, 1.54) is 17.5 Å². The third kappa shape index (κ3) is 4.51. The van der Waals surface area contributed by atoms with Crippen LogP contribution in [0.1, 0.15) is 57.1 Å². The first-order chi connectivity index (χ1) is 15.8. The number of carbonyl (C=O) groups is 2. The minimum Gasteiger partial charge on any atom is -0.489 e. The SMILES string of the molecule is Cc1nc(-c2nnn(C)c2NC(=O)OC2CC3(CC3)C2)ccc1O[C@H]1CCC[C@H](C(=O)O)C1. The van der Waals surface area contributed by atoms with Gasteiger partial charge < -0.3 is 14.6 Å². The number of nitrogens with one attached hydrogen (secondary N) is 1. The summed E-state index contributed by atoms with van der Waals surface area (Å²) in [5.74, 6) is -0.0951. The Balaban J connectivity index is 1.25. The Bertz CT molecular complexity index is 1070. The van der Waals surface area contributed by atoms with Crippen molar-refractivity contribution in [3.8, 4) is 17.1 Å². The monoisotopic (exact) mass is 455 g/mol. The van der Waals surface area contributed by atoms with Crippen molar-refractivity contribution < 1.29 is 24.2 Å². The first-order valence-electron chi connectivity index (χ1n) is 11.6. The molecule has 3 saturated carbocycles. The predicted molar refractivity (Wildman–Crippen MR) is 118 cm³/mol. The summed E-state index contributed by atoms with van der Waals surface area (Å²) < 4.78 is 13.1. The lowest BCUT2D eigenvalue weighted by atomic mass is 9.79. The molecule has 2 atom stereocenters. The average Bonchev–Trinajstić information content (AvgIpc) is 3.47. The van der Waals surface area contributed by atoms with Crippen molar-refractivity contribution in [3.05, 3.63) is 17.8 Å². The summed E-state index contributed by atoms with van der Waals surface area (Å²) >= 11 is 0. The molecule has 2 N–H and O–H groups in total. The summed E-state index contributed by atoms with van der Waals surface area (Å²) in [7, 11) is 1.70. The minimum absolute atomic E-state index is 0.0190. The van der Waals surface area contributed by atoms with Gasteiger partial charge in [-0.25, -0.2) is 14.5 Å². The summed E-state index contributed by atoms with van der Waals surface area (Å²) in [6, 6.07) is 3.57. The number of carboxylic acid groups (broad SMARTS) is 1. The number of hydrogen-bond acceptors (Lipinski definition) is 7. The standard InChI is InChI=1S/C23H29N5O5/c1-13-18(32-15-5-3-4-14(10-15)21(29)30)7-6-17(24-13)19-20(28(2)27-26-19)25-22(31)33-16-11-23(12-16)8-9-23/h6-7,14-16H,3-5,8-12H2,1-2H3,(H,25,31)(H,29,30)/t14-,15-/m0/s1. The maximum absolute atomic E-state index is 12.4. The maximum Gasteiger partial charge on any atom is 0.413 e. The first kappa shape index (κ1) is 21.7. The van der Waals surface area contributed by atoms with Crippen molar-refractivity contribution in [1.29, 1.82) is 0 Å². The Kier molecular flexibility index (Phi) is 5.46. The summed E-state index contributed by atoms with van der Waals surface area (Å²) in [4.78, 5) is 28.3. The van der Waals surface area contributed by atoms with Gasteiger partial charge in [0.05, 0.1) is 23.4 Å². The average molecular weight is 456 g/mol. The number of amides is 1. The van der Waals surface area contributed by atoms with E-state index >= 15 is 0 Å². The van der Waals surface area contributed by atoms with Crippen LogP contribution in [0.25, 0.3) is 11.4 Å². The van der Waals surface area contributed by atoms with Gasteiger partial charge in [-0.1, -0.05) is 5.21 Å². The molecule has 0 bridgehead atoms. The van der Waals surface area contributed by atoms with Crippen molar-refractivity contribution in [2.24, 2.45) is 18.4 Å². The molecule has 0 aromatic carbocycles. The van der Waals surface area contributed by atoms with Crippen LogP contribution in [0.2, 0.25) is 0 Å². The van der Waals surface area contributed by atoms with Gasteiger partial charge in [0.2, 0.25) is 0 Å². The number of anilines is 1. The summed E-state index contributed by atoms with van der Waals surface area (Å²) in [5, 5.41) is 20.3. The zero-order valence-electron chi connectivity index (χ0n) is 18.9. The number of carbonyl (C=O) groups excluding carboxylic acids is 1. The molecular formula is C23H29N5O5. The molecule has 33 heavy (non-hydrogen) atoms. The number of hydrogen-bond donors (Lipinski definition) is 2. The number of pyridine rings is 1. The summed E-state index contributed by atoms with van der Waals surface area (Å²) in [6.07, 6.45) is 6.57. The van der Waals surface area contributed by atoms with Gasteiger partial charge >= 0.3 is 12.1 Å². The number of aryl methyl sites for hydroxylation is 2. The number of carboxylic acids is 1. The quantitative estimate of drug-likeness (QED) is 0.675. The van der Waals surface area contributed by atoms with E-state index < -0.39 is 12.1 Å². The fraction of sp³-hybridized carbons (Fsp3) is 0.609. The van der Waals surface area contributed by atoms with Gasteiger partial charge in [0.15, 0.2) is 11.5 Å². The van der Waals surface area contributed by atoms with E-state index in [1.807, 2.05) is 13.0 Å². The molecule has 1 amide bonds. The van der Waals surface area contributed by atoms with Crippen molar-refractivity contribution in [2.45, 2.75) is 70.5 Å². The lowest BCUT2D eigenvalue weighted by Gasteiger charge is -2.34. The van der Waals surface area contributed by atoms with Gasteiger partial charge in [0.1, 0.15) is 11.9 Å². The molecule has 2 aromatic rings. The molecule has 2 aromatic heterocycles. The Morgan fingerprint density at radius 2 is 2.00 bits per heavy atom. The zero-order chi connectivity index (χ0) is 23.2. The zero-order valence-corrected chi connectivity index (χ0v) is 18.9. The molecule has 2 heterocycles. The highest BCUT2D eigenvalue weighted by molar-refractivity contribution is 5.88. The fourth-order valence-electron chi connectivity index (χ4n) is 4.98. The Labute approximate surface area is 191 Å². The van der Waals surface area contributed by atoms with Gasteiger partial charge in [-0.15, -0.1) is 5.10 Å². The maximum atomic E-state index is 12.4. The highest BCUT2D eigenvalue weighted by Gasteiger charge is 2.54. The lowest BCUT2D eigenvalue weighted by molar-refractivity contribution is -0.143. The number of aliphatic carboxylic acids is 1. The fourth-order valence-corrected chi connectivity index (χ4v) is 4.98. The normalized spacial score (nSPS) is 23.6. The van der Waals surface area contributed by atoms with E-state index in [9.17, 15) is 14.7 Å². The Morgan fingerprint density at radius 3 is 2.70 bits per heavy atom. The van der Waals surface area contributed by atoms with Crippen molar-refractivity contribution in [2.75, 3.05) is 5.32 Å². The minimum atomic E-state index is -0.765. The third-order valence-corrected chi connectivity index (χ3v) is 7.15. The largest absolute Gasteiger partial charge is 0.489 e. The first-order valence-corrected chi connectivity index (χ1v) is 11.6. The molecule has 0 saturated heterocycles. The van der Waals surface area contributed by atoms with E-state index in [-0.39, 0.29) is 18.1 Å². The number of nitrogens with zero attached hydrogens (tertiary/aromatic N) is 4. The van der Waals surface area contributed by atoms with Crippen LogP contribution in [0.5, 0.6) is 5.75 Å². The number of ether oxygens (including phenoxy) is 2. The van der Waals surface area contributed by atoms with Crippen LogP contribution in [0.15, 0.2) is 12.1 Å². The van der Waals surface area contributed by atoms with E-state index in [4.69, 9.17) is 9.47 Å². The summed E-state index contributed by atoms with van der Waals surface area (Å²) in [6.45, 7) is 1.83. The van der Waals surface area contributed by atoms with Crippen molar-refractivity contribution >= 4 is 17.9 Å². The van der Waals surface area contributed by atoms with Gasteiger partial charge in [0.25, 0.3) is 0 Å². The second-order valence-corrected chi connectivity index (χ2v) is 9.69. The second kappa shape index (κ2) is 8.31. The topological polar surface area (TPSA) is 128 Å². The van der Waals surface area contributed by atoms with Crippen molar-refractivity contribution in [1.82, 2.24) is 20.0 Å². The van der Waals surface area contributed by atoms with Gasteiger partial charge in [-0.05, 0) is 75.8 Å². The third-order valence-electron chi connectivity index (χ3n) is 7.15. The molecule has 5 rings (SSSR count). The predicted octanol–water partition coefficient (Wildman–Crippen LogP) is 3.70. The van der Waals surface area contributed by atoms with Crippen LogP contribution in [-0.2, 0) is 16.6 Å². The highest BCUT2D eigenvalue weighted by Crippen LogP contribution is 2.61. The van der Waals surface area contributed by atoms with Gasteiger partial charge in [-0.2, -0.15) is 0 Å². The molecule has 0 radical (unpaired) electrons. The summed E-state index contributed by atoms with van der Waals surface area (Å²) in [5.41, 5.74) is 2.12. The second-order valence-electron chi connectivity index (χ2n) is 9.69. The van der Waals surface area contributed by atoms with E-state index in [2.05, 4.69) is 20.6 Å². The van der Waals surface area contributed by atoms with E-state index in [1.54, 1.807) is 13.1 Å². The number of rotatable bonds is 6. The van der Waals surface area contributed by atoms with Crippen LogP contribution in [0.3, 0.4) is 0 Å². The number of aromatic nitrogens is 4. The van der Waals surface area contributed by atoms with Gasteiger partial charge in [-0.3, -0.25) is 10.1 Å². The molecule has 3 aliphatic rings. The van der Waals surface area contributed by atoms with Crippen LogP contribution in [0, 0.1) is 18.3 Å². The van der Waals surface area contributed by atoms with Crippen molar-refractivity contribution in [3.63, 3.8) is 0 Å². The molecular weight excluding hydrogens is 426 g/mol. The molecule has 3 aliphatic carbocycles. The molecule has 10 nitrogen and oxygen atoms in total. The highest BCUT2D eigenvalue weighted by atomic mass is 16.6. The van der Waals surface area contributed by atoms with Gasteiger partial charge in [0, 0.05) is 7.05 Å². The van der Waals surface area contributed by atoms with Crippen LogP contribution >= 0.6 is 0 Å². The lowest BCUT2D eigenvalue weighted by Crippen LogP contribution is -2.36. The Morgan fingerprint density at radius 1 is 1.21 bits per heavy atom. The molecule has 0 unspecified atom stereocenters. The van der Waals surface area contributed by atoms with E-state index in [0.29, 0.717) is 46.9 Å². The molecule has 1 spiro atoms. The molecule has 0 aliphatic heterocycles. The molecule has 10 heteroatoms. The smallest absolute Gasteiger partial charge is 0.413 e. The molecule has 3 fully saturated rings. The van der Waals surface area contributed by atoms with Crippen LogP contribution in [-0.4, -0.2) is 49.4 Å². The molecule has 176 valence electrons. The Hall–Kier alpha value is -3.17. The van der Waals surface area contributed by atoms with Crippen LogP contribution < -0.4 is 10.1 Å². The van der Waals surface area contributed by atoms with Crippen LogP contribution in [0.4, 0.5) is 10.6 Å².